The van der Waals surface area contributed by atoms with E-state index in [0.717, 1.165) is 5.56 Å². The molecule has 1 heterocycles. The van der Waals surface area contributed by atoms with Crippen LogP contribution in [0.25, 0.3) is 6.08 Å². The molecule has 1 aromatic carbocycles. The van der Waals surface area contributed by atoms with E-state index in [1.165, 1.54) is 11.1 Å². The van der Waals surface area contributed by atoms with Gasteiger partial charge in [-0.2, -0.15) is 0 Å². The van der Waals surface area contributed by atoms with Crippen molar-refractivity contribution >= 4 is 33.5 Å². The molecule has 7 heteroatoms. The third kappa shape index (κ3) is 4.47. The van der Waals surface area contributed by atoms with Crippen LogP contribution in [0.2, 0.25) is 5.02 Å². The molecular formula is C14H17ClN2O3S. The molecule has 1 aromatic rings. The summed E-state index contributed by atoms with van der Waals surface area (Å²) in [6.07, 6.45) is 3.74. The highest BCUT2D eigenvalue weighted by atomic mass is 35.5. The minimum atomic E-state index is -3.00. The van der Waals surface area contributed by atoms with Crippen molar-refractivity contribution in [1.29, 1.82) is 0 Å². The molecule has 1 aliphatic heterocycles. The topological polar surface area (TPSA) is 66.5 Å². The SMILES string of the molecule is CN(C(=O)N/C=C/c1cccc(Cl)c1)C1CCS(=O)(=O)C1. The van der Waals surface area contributed by atoms with Crippen molar-refractivity contribution in [2.24, 2.45) is 0 Å². The second kappa shape index (κ2) is 6.49. The van der Waals surface area contributed by atoms with E-state index in [9.17, 15) is 13.2 Å². The van der Waals surface area contributed by atoms with Crippen molar-refractivity contribution < 1.29 is 13.2 Å². The Labute approximate surface area is 129 Å². The summed E-state index contributed by atoms with van der Waals surface area (Å²) in [7, 11) is -1.39. The summed E-state index contributed by atoms with van der Waals surface area (Å²) in [5.41, 5.74) is 0.869. The van der Waals surface area contributed by atoms with Crippen LogP contribution in [0.4, 0.5) is 4.79 Å². The Morgan fingerprint density at radius 2 is 2.24 bits per heavy atom. The lowest BCUT2D eigenvalue weighted by Gasteiger charge is -2.22. The fourth-order valence-corrected chi connectivity index (χ4v) is 4.14. The molecule has 114 valence electrons. The van der Waals surface area contributed by atoms with E-state index >= 15 is 0 Å². The maximum atomic E-state index is 11.9. The van der Waals surface area contributed by atoms with Crippen LogP contribution < -0.4 is 5.32 Å². The minimum absolute atomic E-state index is 0.0366. The summed E-state index contributed by atoms with van der Waals surface area (Å²) in [6.45, 7) is 0. The number of carbonyl (C=O) groups excluding carboxylic acids is 1. The van der Waals surface area contributed by atoms with Gasteiger partial charge in [-0.1, -0.05) is 23.7 Å². The number of halogens is 1. The Morgan fingerprint density at radius 3 is 2.86 bits per heavy atom. The van der Waals surface area contributed by atoms with Gasteiger partial charge in [0.05, 0.1) is 11.5 Å². The molecule has 1 fully saturated rings. The smallest absolute Gasteiger partial charge is 0.321 e. The van der Waals surface area contributed by atoms with Gasteiger partial charge in [0.25, 0.3) is 0 Å². The van der Waals surface area contributed by atoms with Crippen LogP contribution in [0.1, 0.15) is 12.0 Å². The maximum absolute atomic E-state index is 11.9. The van der Waals surface area contributed by atoms with E-state index in [-0.39, 0.29) is 23.6 Å². The van der Waals surface area contributed by atoms with Gasteiger partial charge in [-0.05, 0) is 30.2 Å². The summed E-state index contributed by atoms with van der Waals surface area (Å²) in [6, 6.07) is 6.65. The third-order valence-corrected chi connectivity index (χ3v) is 5.39. The Balaban J connectivity index is 1.90. The molecule has 0 saturated carbocycles. The summed E-state index contributed by atoms with van der Waals surface area (Å²) in [5, 5.41) is 3.25. The number of urea groups is 1. The zero-order valence-corrected chi connectivity index (χ0v) is 13.2. The first-order valence-electron chi connectivity index (χ1n) is 6.53. The Hall–Kier alpha value is -1.53. The first-order valence-corrected chi connectivity index (χ1v) is 8.73. The predicted octanol–water partition coefficient (Wildman–Crippen LogP) is 2.14. The van der Waals surface area contributed by atoms with Gasteiger partial charge in [0.2, 0.25) is 0 Å². The molecule has 0 aromatic heterocycles. The van der Waals surface area contributed by atoms with E-state index in [1.54, 1.807) is 25.3 Å². The van der Waals surface area contributed by atoms with Crippen LogP contribution in [-0.2, 0) is 9.84 Å². The highest BCUT2D eigenvalue weighted by Gasteiger charge is 2.32. The van der Waals surface area contributed by atoms with Gasteiger partial charge in [-0.3, -0.25) is 0 Å². The standard InChI is InChI=1S/C14H17ClN2O3S/c1-17(13-6-8-21(19,20)10-13)14(18)16-7-5-11-3-2-4-12(15)9-11/h2-5,7,9,13H,6,8,10H2,1H3,(H,16,18)/b7-5+. The van der Waals surface area contributed by atoms with Crippen LogP contribution in [0.15, 0.2) is 30.5 Å². The molecule has 21 heavy (non-hydrogen) atoms. The molecule has 0 spiro atoms. The molecule has 2 rings (SSSR count). The molecule has 0 radical (unpaired) electrons. The quantitative estimate of drug-likeness (QED) is 0.924. The lowest BCUT2D eigenvalue weighted by Crippen LogP contribution is -2.42. The molecular weight excluding hydrogens is 312 g/mol. The van der Waals surface area contributed by atoms with Crippen molar-refractivity contribution in [3.05, 3.63) is 41.1 Å². The number of hydrogen-bond donors (Lipinski definition) is 1. The van der Waals surface area contributed by atoms with Gasteiger partial charge in [0.1, 0.15) is 0 Å². The zero-order chi connectivity index (χ0) is 15.5. The first-order chi connectivity index (χ1) is 9.87. The number of carbonyl (C=O) groups is 1. The van der Waals surface area contributed by atoms with Gasteiger partial charge in [0, 0.05) is 24.3 Å². The van der Waals surface area contributed by atoms with Crippen molar-refractivity contribution in [3.63, 3.8) is 0 Å². The van der Waals surface area contributed by atoms with Crippen LogP contribution in [-0.4, -0.2) is 43.9 Å². The number of rotatable bonds is 3. The highest BCUT2D eigenvalue weighted by molar-refractivity contribution is 7.91. The molecule has 0 bridgehead atoms. The molecule has 1 unspecified atom stereocenters. The molecule has 1 saturated heterocycles. The summed E-state index contributed by atoms with van der Waals surface area (Å²) in [4.78, 5) is 13.4. The van der Waals surface area contributed by atoms with Crippen LogP contribution in [0.3, 0.4) is 0 Å². The fraction of sp³-hybridized carbons (Fsp3) is 0.357. The van der Waals surface area contributed by atoms with Crippen LogP contribution in [0.5, 0.6) is 0 Å². The van der Waals surface area contributed by atoms with Gasteiger partial charge < -0.3 is 10.2 Å². The van der Waals surface area contributed by atoms with E-state index in [4.69, 9.17) is 11.6 Å². The van der Waals surface area contributed by atoms with Gasteiger partial charge >= 0.3 is 6.03 Å². The average molecular weight is 329 g/mol. The van der Waals surface area contributed by atoms with Gasteiger partial charge in [-0.25, -0.2) is 13.2 Å². The maximum Gasteiger partial charge on any atom is 0.321 e. The van der Waals surface area contributed by atoms with E-state index in [2.05, 4.69) is 5.32 Å². The molecule has 2 amide bonds. The fourth-order valence-electron chi connectivity index (χ4n) is 2.17. The lowest BCUT2D eigenvalue weighted by molar-refractivity contribution is 0.199. The molecule has 1 aliphatic rings. The van der Waals surface area contributed by atoms with Crippen LogP contribution in [0, 0.1) is 0 Å². The number of amides is 2. The Bertz CT molecular complexity index is 658. The third-order valence-electron chi connectivity index (χ3n) is 3.41. The first kappa shape index (κ1) is 15.9. The number of nitrogens with one attached hydrogen (secondary N) is 1. The zero-order valence-electron chi connectivity index (χ0n) is 11.6. The Morgan fingerprint density at radius 1 is 1.48 bits per heavy atom. The van der Waals surface area contributed by atoms with Gasteiger partial charge in [0.15, 0.2) is 9.84 Å². The largest absolute Gasteiger partial charge is 0.324 e. The van der Waals surface area contributed by atoms with Crippen molar-refractivity contribution in [2.45, 2.75) is 12.5 Å². The molecule has 5 nitrogen and oxygen atoms in total. The second-order valence-corrected chi connectivity index (χ2v) is 7.67. The van der Waals surface area contributed by atoms with Crippen molar-refractivity contribution in [1.82, 2.24) is 10.2 Å². The van der Waals surface area contributed by atoms with Crippen LogP contribution >= 0.6 is 11.6 Å². The highest BCUT2D eigenvalue weighted by Crippen LogP contribution is 2.16. The summed E-state index contributed by atoms with van der Waals surface area (Å²) in [5.74, 6) is 0.183. The second-order valence-electron chi connectivity index (χ2n) is 5.01. The van der Waals surface area contributed by atoms with E-state index in [0.29, 0.717) is 11.4 Å². The number of hydrogen-bond acceptors (Lipinski definition) is 3. The monoisotopic (exact) mass is 328 g/mol. The number of benzene rings is 1. The average Bonchev–Trinajstić information content (AvgIpc) is 2.78. The van der Waals surface area contributed by atoms with Crippen molar-refractivity contribution in [3.8, 4) is 0 Å². The van der Waals surface area contributed by atoms with Crippen molar-refractivity contribution in [2.75, 3.05) is 18.6 Å². The molecule has 1 atom stereocenters. The lowest BCUT2D eigenvalue weighted by atomic mass is 10.2. The normalized spacial score (nSPS) is 20.6. The number of sulfone groups is 1. The predicted molar refractivity (Wildman–Crippen MR) is 83.8 cm³/mol. The molecule has 1 N–H and O–H groups in total. The number of nitrogens with zero attached hydrogens (tertiary/aromatic N) is 1. The summed E-state index contributed by atoms with van der Waals surface area (Å²) >= 11 is 5.86. The molecule has 0 aliphatic carbocycles. The minimum Gasteiger partial charge on any atom is -0.324 e. The van der Waals surface area contributed by atoms with Gasteiger partial charge in [-0.15, -0.1) is 0 Å². The van der Waals surface area contributed by atoms with E-state index in [1.807, 2.05) is 12.1 Å². The van der Waals surface area contributed by atoms with E-state index < -0.39 is 9.84 Å². The Kier molecular flexibility index (Phi) is 4.90. The summed E-state index contributed by atoms with van der Waals surface area (Å²) < 4.78 is 22.8.